The molecule has 0 aromatic heterocycles. The van der Waals surface area contributed by atoms with Crippen LogP contribution in [0.1, 0.15) is 20.8 Å². The highest BCUT2D eigenvalue weighted by molar-refractivity contribution is 5.73. The van der Waals surface area contributed by atoms with E-state index in [-0.39, 0.29) is 6.03 Å². The summed E-state index contributed by atoms with van der Waals surface area (Å²) in [6.07, 6.45) is 0. The van der Waals surface area contributed by atoms with E-state index in [0.29, 0.717) is 19.8 Å². The maximum atomic E-state index is 11.4. The Kier molecular flexibility index (Phi) is 7.72. The molecule has 0 rings (SSSR count). The van der Waals surface area contributed by atoms with E-state index in [9.17, 15) is 4.79 Å². The van der Waals surface area contributed by atoms with Crippen molar-refractivity contribution in [3.05, 3.63) is 12.2 Å². The highest BCUT2D eigenvalue weighted by Crippen LogP contribution is 1.89. The van der Waals surface area contributed by atoms with Crippen LogP contribution in [-0.2, 0) is 4.74 Å². The number of nitrogens with zero attached hydrogens (tertiary/aromatic N) is 1. The Bertz CT molecular complexity index is 201. The lowest BCUT2D eigenvalue weighted by Crippen LogP contribution is -2.40. The second kappa shape index (κ2) is 8.29. The third-order valence-corrected chi connectivity index (χ3v) is 1.92. The van der Waals surface area contributed by atoms with Crippen molar-refractivity contribution in [2.24, 2.45) is 0 Å². The number of carbonyl (C=O) groups is 1. The van der Waals surface area contributed by atoms with Crippen molar-refractivity contribution in [2.75, 3.05) is 32.8 Å². The van der Waals surface area contributed by atoms with E-state index in [2.05, 4.69) is 11.9 Å². The van der Waals surface area contributed by atoms with Gasteiger partial charge in [0.15, 0.2) is 0 Å². The molecule has 0 radical (unpaired) electrons. The predicted octanol–water partition coefficient (Wildman–Crippen LogP) is 1.63. The Balaban J connectivity index is 3.50. The number of amides is 2. The SMILES string of the molecule is C=C(C)COCCNC(=O)N(CC)CC. The van der Waals surface area contributed by atoms with Gasteiger partial charge in [0.05, 0.1) is 13.2 Å². The molecule has 88 valence electrons. The molecule has 4 nitrogen and oxygen atoms in total. The van der Waals surface area contributed by atoms with Crippen LogP contribution < -0.4 is 5.32 Å². The Morgan fingerprint density at radius 3 is 2.47 bits per heavy atom. The van der Waals surface area contributed by atoms with E-state index >= 15 is 0 Å². The van der Waals surface area contributed by atoms with Crippen LogP contribution in [0.5, 0.6) is 0 Å². The lowest BCUT2D eigenvalue weighted by atomic mass is 10.4. The minimum Gasteiger partial charge on any atom is -0.375 e. The fourth-order valence-corrected chi connectivity index (χ4v) is 1.10. The Morgan fingerprint density at radius 1 is 1.40 bits per heavy atom. The zero-order chi connectivity index (χ0) is 11.7. The van der Waals surface area contributed by atoms with E-state index in [1.807, 2.05) is 20.8 Å². The average molecular weight is 214 g/mol. The van der Waals surface area contributed by atoms with Gasteiger partial charge in [-0.25, -0.2) is 4.79 Å². The summed E-state index contributed by atoms with van der Waals surface area (Å²) in [5.41, 5.74) is 0.991. The fraction of sp³-hybridized carbons (Fsp3) is 0.727. The second-order valence-corrected chi connectivity index (χ2v) is 3.41. The molecule has 0 aliphatic heterocycles. The monoisotopic (exact) mass is 214 g/mol. The van der Waals surface area contributed by atoms with Crippen molar-refractivity contribution in [3.8, 4) is 0 Å². The van der Waals surface area contributed by atoms with Crippen molar-refractivity contribution in [1.29, 1.82) is 0 Å². The van der Waals surface area contributed by atoms with E-state index in [4.69, 9.17) is 4.74 Å². The molecule has 0 aromatic carbocycles. The van der Waals surface area contributed by atoms with Gasteiger partial charge in [-0.1, -0.05) is 12.2 Å². The van der Waals surface area contributed by atoms with Gasteiger partial charge < -0.3 is 15.0 Å². The molecule has 4 heteroatoms. The second-order valence-electron chi connectivity index (χ2n) is 3.41. The molecule has 0 fully saturated rings. The van der Waals surface area contributed by atoms with Crippen LogP contribution in [0.15, 0.2) is 12.2 Å². The predicted molar refractivity (Wildman–Crippen MR) is 62.0 cm³/mol. The molecule has 15 heavy (non-hydrogen) atoms. The first-order valence-electron chi connectivity index (χ1n) is 5.36. The molecule has 0 bridgehead atoms. The highest BCUT2D eigenvalue weighted by Gasteiger charge is 2.06. The van der Waals surface area contributed by atoms with Gasteiger partial charge in [-0.3, -0.25) is 0 Å². The van der Waals surface area contributed by atoms with Crippen LogP contribution in [-0.4, -0.2) is 43.8 Å². The molecule has 0 heterocycles. The largest absolute Gasteiger partial charge is 0.375 e. The molecule has 0 saturated carbocycles. The zero-order valence-electron chi connectivity index (χ0n) is 10.0. The number of urea groups is 1. The summed E-state index contributed by atoms with van der Waals surface area (Å²) >= 11 is 0. The molecule has 0 saturated heterocycles. The zero-order valence-corrected chi connectivity index (χ0v) is 10.0. The molecule has 0 unspecified atom stereocenters. The van der Waals surface area contributed by atoms with Crippen LogP contribution in [0.2, 0.25) is 0 Å². The van der Waals surface area contributed by atoms with Crippen molar-refractivity contribution in [2.45, 2.75) is 20.8 Å². The Morgan fingerprint density at radius 2 is 2.00 bits per heavy atom. The van der Waals surface area contributed by atoms with Crippen LogP contribution in [0.25, 0.3) is 0 Å². The van der Waals surface area contributed by atoms with Gasteiger partial charge in [-0.2, -0.15) is 0 Å². The number of hydrogen-bond donors (Lipinski definition) is 1. The number of carbonyl (C=O) groups excluding carboxylic acids is 1. The number of ether oxygens (including phenoxy) is 1. The molecule has 0 aliphatic carbocycles. The van der Waals surface area contributed by atoms with Gasteiger partial charge in [-0.15, -0.1) is 0 Å². The normalized spacial score (nSPS) is 9.80. The lowest BCUT2D eigenvalue weighted by Gasteiger charge is -2.19. The minimum absolute atomic E-state index is 0.0288. The molecular formula is C11H22N2O2. The molecular weight excluding hydrogens is 192 g/mol. The van der Waals surface area contributed by atoms with Gasteiger partial charge in [-0.05, 0) is 20.8 Å². The van der Waals surface area contributed by atoms with Crippen LogP contribution in [0.3, 0.4) is 0 Å². The Labute approximate surface area is 92.3 Å². The topological polar surface area (TPSA) is 41.6 Å². The number of hydrogen-bond acceptors (Lipinski definition) is 2. The first-order chi connectivity index (χ1) is 7.11. The highest BCUT2D eigenvalue weighted by atomic mass is 16.5. The van der Waals surface area contributed by atoms with Gasteiger partial charge >= 0.3 is 6.03 Å². The van der Waals surface area contributed by atoms with Gasteiger partial charge in [0, 0.05) is 19.6 Å². The summed E-state index contributed by atoms with van der Waals surface area (Å²) < 4.78 is 5.26. The molecule has 1 N–H and O–H groups in total. The van der Waals surface area contributed by atoms with Crippen molar-refractivity contribution in [3.63, 3.8) is 0 Å². The van der Waals surface area contributed by atoms with Crippen LogP contribution in [0.4, 0.5) is 4.79 Å². The minimum atomic E-state index is -0.0288. The van der Waals surface area contributed by atoms with E-state index < -0.39 is 0 Å². The van der Waals surface area contributed by atoms with Gasteiger partial charge in [0.25, 0.3) is 0 Å². The molecule has 0 spiro atoms. The standard InChI is InChI=1S/C11H22N2O2/c1-5-13(6-2)11(14)12-7-8-15-9-10(3)4/h3,5-9H2,1-2,4H3,(H,12,14). The lowest BCUT2D eigenvalue weighted by molar-refractivity contribution is 0.153. The summed E-state index contributed by atoms with van der Waals surface area (Å²) in [4.78, 5) is 13.2. The van der Waals surface area contributed by atoms with Crippen molar-refractivity contribution in [1.82, 2.24) is 10.2 Å². The quantitative estimate of drug-likeness (QED) is 0.517. The van der Waals surface area contributed by atoms with Crippen LogP contribution >= 0.6 is 0 Å². The van der Waals surface area contributed by atoms with E-state index in [1.54, 1.807) is 4.90 Å². The van der Waals surface area contributed by atoms with E-state index in [0.717, 1.165) is 18.7 Å². The van der Waals surface area contributed by atoms with Crippen LogP contribution in [0, 0.1) is 0 Å². The number of nitrogens with one attached hydrogen (secondary N) is 1. The van der Waals surface area contributed by atoms with Gasteiger partial charge in [0.2, 0.25) is 0 Å². The maximum absolute atomic E-state index is 11.4. The third-order valence-electron chi connectivity index (χ3n) is 1.92. The molecule has 0 atom stereocenters. The van der Waals surface area contributed by atoms with E-state index in [1.165, 1.54) is 0 Å². The average Bonchev–Trinajstić information content (AvgIpc) is 2.18. The summed E-state index contributed by atoms with van der Waals surface area (Å²) in [6, 6.07) is -0.0288. The first-order valence-corrected chi connectivity index (χ1v) is 5.36. The number of rotatable bonds is 7. The summed E-state index contributed by atoms with van der Waals surface area (Å²) in [5, 5.41) is 2.79. The smallest absolute Gasteiger partial charge is 0.317 e. The van der Waals surface area contributed by atoms with Crippen molar-refractivity contribution < 1.29 is 9.53 Å². The first kappa shape index (κ1) is 14.0. The van der Waals surface area contributed by atoms with Crippen molar-refractivity contribution >= 4 is 6.03 Å². The molecule has 0 aliphatic rings. The van der Waals surface area contributed by atoms with Gasteiger partial charge in [0.1, 0.15) is 0 Å². The summed E-state index contributed by atoms with van der Waals surface area (Å²) in [5.74, 6) is 0. The maximum Gasteiger partial charge on any atom is 0.317 e. The Hall–Kier alpha value is -1.03. The fourth-order valence-electron chi connectivity index (χ4n) is 1.10. The molecule has 0 aromatic rings. The molecule has 2 amide bonds. The summed E-state index contributed by atoms with van der Waals surface area (Å²) in [6.45, 7) is 12.6. The summed E-state index contributed by atoms with van der Waals surface area (Å²) in [7, 11) is 0. The third kappa shape index (κ3) is 6.96.